The van der Waals surface area contributed by atoms with Gasteiger partial charge in [-0.3, -0.25) is 9.88 Å². The average molecular weight is 449 g/mol. The number of carbonyl (C=O) groups is 1. The lowest BCUT2D eigenvalue weighted by Gasteiger charge is -2.17. The van der Waals surface area contributed by atoms with E-state index in [1.54, 1.807) is 4.90 Å². The van der Waals surface area contributed by atoms with Gasteiger partial charge in [0.25, 0.3) is 0 Å². The summed E-state index contributed by atoms with van der Waals surface area (Å²) in [6.45, 7) is 0.772. The number of ether oxygens (including phenoxy) is 1. The third-order valence-corrected chi connectivity index (χ3v) is 7.78. The first-order chi connectivity index (χ1) is 15.6. The van der Waals surface area contributed by atoms with Gasteiger partial charge in [-0.05, 0) is 47.1 Å². The van der Waals surface area contributed by atoms with Gasteiger partial charge in [0.1, 0.15) is 11.5 Å². The first-order valence-corrected chi connectivity index (χ1v) is 11.7. The van der Waals surface area contributed by atoms with E-state index in [-0.39, 0.29) is 11.5 Å². The molecule has 1 amide bonds. The molecule has 3 heterocycles. The van der Waals surface area contributed by atoms with Crippen LogP contribution in [0.25, 0.3) is 11.1 Å². The van der Waals surface area contributed by atoms with Crippen molar-refractivity contribution in [3.05, 3.63) is 60.7 Å². The van der Waals surface area contributed by atoms with Crippen LogP contribution in [0.3, 0.4) is 0 Å². The highest BCUT2D eigenvalue weighted by atomic mass is 32.2. The van der Waals surface area contributed by atoms with Crippen molar-refractivity contribution in [2.45, 2.75) is 11.5 Å². The van der Waals surface area contributed by atoms with Gasteiger partial charge in [0, 0.05) is 29.8 Å². The number of thioether (sulfide) groups is 1. The van der Waals surface area contributed by atoms with Crippen LogP contribution in [-0.4, -0.2) is 46.8 Å². The highest BCUT2D eigenvalue weighted by molar-refractivity contribution is 7.99. The molecule has 2 saturated heterocycles. The van der Waals surface area contributed by atoms with Crippen LogP contribution in [0, 0.1) is 23.2 Å². The summed E-state index contributed by atoms with van der Waals surface area (Å²) >= 11 is 1.93. The van der Waals surface area contributed by atoms with Gasteiger partial charge in [0.05, 0.1) is 24.9 Å². The van der Waals surface area contributed by atoms with Crippen molar-refractivity contribution < 1.29 is 9.53 Å². The second-order valence-electron chi connectivity index (χ2n) is 8.36. The van der Waals surface area contributed by atoms with Crippen LogP contribution in [0.15, 0.2) is 55.0 Å². The summed E-state index contributed by atoms with van der Waals surface area (Å²) in [5.41, 5.74) is 8.56. The summed E-state index contributed by atoms with van der Waals surface area (Å²) in [7, 11) is 0. The van der Waals surface area contributed by atoms with Crippen LogP contribution in [0.5, 0.6) is 0 Å². The molecule has 2 aliphatic heterocycles. The molecule has 1 aromatic carbocycles. The molecule has 9 heteroatoms. The van der Waals surface area contributed by atoms with Gasteiger partial charge in [0.15, 0.2) is 0 Å². The van der Waals surface area contributed by atoms with Crippen LogP contribution in [-0.2, 0) is 10.2 Å². The van der Waals surface area contributed by atoms with E-state index in [9.17, 15) is 10.1 Å². The summed E-state index contributed by atoms with van der Waals surface area (Å²) in [5, 5.41) is 11.2. The van der Waals surface area contributed by atoms with Crippen LogP contribution in [0.2, 0.25) is 0 Å². The van der Waals surface area contributed by atoms with Crippen molar-refractivity contribution in [1.82, 2.24) is 9.99 Å². The minimum absolute atomic E-state index is 0.340. The molecule has 0 radical (unpaired) electrons. The second kappa shape index (κ2) is 8.04. The largest absolute Gasteiger partial charge is 0.442 e. The molecule has 5 rings (SSSR count). The van der Waals surface area contributed by atoms with Crippen molar-refractivity contribution in [2.75, 3.05) is 29.5 Å². The number of pyridine rings is 1. The summed E-state index contributed by atoms with van der Waals surface area (Å²) < 4.78 is 5.41. The van der Waals surface area contributed by atoms with Gasteiger partial charge in [0.2, 0.25) is 0 Å². The average Bonchev–Trinajstić information content (AvgIpc) is 3.10. The molecular formula is C23H24N6O2S. The quantitative estimate of drug-likeness (QED) is 0.510. The molecular weight excluding hydrogens is 424 g/mol. The molecule has 2 aromatic rings. The zero-order valence-electron chi connectivity index (χ0n) is 17.4. The van der Waals surface area contributed by atoms with Crippen LogP contribution >= 0.6 is 11.8 Å². The summed E-state index contributed by atoms with van der Waals surface area (Å²) in [6, 6.07) is 14.3. The molecule has 1 unspecified atom stereocenters. The van der Waals surface area contributed by atoms with Crippen molar-refractivity contribution in [2.24, 2.45) is 23.4 Å². The predicted molar refractivity (Wildman–Crippen MR) is 123 cm³/mol. The Morgan fingerprint density at radius 2 is 1.97 bits per heavy atom. The molecule has 3 fully saturated rings. The van der Waals surface area contributed by atoms with Gasteiger partial charge in [-0.1, -0.05) is 18.2 Å². The molecule has 0 spiro atoms. The van der Waals surface area contributed by atoms with E-state index in [2.05, 4.69) is 11.1 Å². The third-order valence-electron chi connectivity index (χ3n) is 6.59. The molecule has 1 saturated carbocycles. The Labute approximate surface area is 190 Å². The number of hydrazine groups is 1. The van der Waals surface area contributed by atoms with E-state index < -0.39 is 6.09 Å². The number of nitrogens with zero attached hydrogens (tertiary/aromatic N) is 4. The third kappa shape index (κ3) is 3.36. The SMILES string of the molecule is N#CC1(c2ccc(-c3ccc(N4C[C@H](CN(N)/C=C\N)OC4=O)cc3)cn2)[C@@H]2CSC[C@@H]21. The molecule has 4 N–H and O–H groups in total. The van der Waals surface area contributed by atoms with E-state index in [0.717, 1.165) is 34.0 Å². The maximum atomic E-state index is 12.3. The number of nitriles is 1. The Morgan fingerprint density at radius 3 is 2.59 bits per heavy atom. The predicted octanol–water partition coefficient (Wildman–Crippen LogP) is 2.43. The number of aromatic nitrogens is 1. The molecule has 32 heavy (non-hydrogen) atoms. The Bertz CT molecular complexity index is 1070. The number of nitrogens with two attached hydrogens (primary N) is 2. The lowest BCUT2D eigenvalue weighted by molar-refractivity contribution is 0.122. The fraction of sp³-hybridized carbons (Fsp3) is 0.348. The Kier molecular flexibility index (Phi) is 5.19. The fourth-order valence-corrected chi connectivity index (χ4v) is 6.47. The van der Waals surface area contributed by atoms with Crippen molar-refractivity contribution in [3.63, 3.8) is 0 Å². The minimum atomic E-state index is -0.395. The van der Waals surface area contributed by atoms with Crippen molar-refractivity contribution in [1.29, 1.82) is 5.26 Å². The fourth-order valence-electron chi connectivity index (χ4n) is 4.84. The maximum Gasteiger partial charge on any atom is 0.414 e. The maximum absolute atomic E-state index is 12.3. The van der Waals surface area contributed by atoms with Gasteiger partial charge in [-0.15, -0.1) is 0 Å². The number of anilines is 1. The Hall–Kier alpha value is -3.22. The second-order valence-corrected chi connectivity index (χ2v) is 9.44. The van der Waals surface area contributed by atoms with Crippen molar-refractivity contribution >= 4 is 23.5 Å². The Morgan fingerprint density at radius 1 is 1.25 bits per heavy atom. The topological polar surface area (TPSA) is 122 Å². The lowest BCUT2D eigenvalue weighted by Crippen LogP contribution is -2.36. The summed E-state index contributed by atoms with van der Waals surface area (Å²) in [6.07, 6.45) is 3.97. The Balaban J connectivity index is 1.27. The standard InChI is InChI=1S/C23H24N6O2S/c24-7-8-28(26)10-18-11-29(22(30)31-18)17-4-1-15(2-5-17)16-3-6-21(27-9-16)23(14-25)19-12-32-13-20(19)23/h1-9,18-20H,10-13,24,26H2/b8-7-/t18-,19-,20+,23?/m0/s1. The molecule has 4 atom stereocenters. The number of cyclic esters (lactones) is 1. The molecule has 3 aliphatic rings. The molecule has 164 valence electrons. The summed E-state index contributed by atoms with van der Waals surface area (Å²) in [5.74, 6) is 8.77. The van der Waals surface area contributed by atoms with Gasteiger partial charge >= 0.3 is 6.09 Å². The van der Waals surface area contributed by atoms with Crippen LogP contribution in [0.1, 0.15) is 5.69 Å². The molecule has 8 nitrogen and oxygen atoms in total. The zero-order valence-corrected chi connectivity index (χ0v) is 18.2. The first kappa shape index (κ1) is 20.7. The number of carbonyl (C=O) groups excluding carboxylic acids is 1. The number of rotatable bonds is 6. The van der Waals surface area contributed by atoms with Gasteiger partial charge < -0.3 is 15.5 Å². The van der Waals surface area contributed by atoms with E-state index >= 15 is 0 Å². The van der Waals surface area contributed by atoms with Crippen molar-refractivity contribution in [3.8, 4) is 17.2 Å². The van der Waals surface area contributed by atoms with E-state index in [4.69, 9.17) is 16.3 Å². The normalized spacial score (nSPS) is 28.4. The molecule has 1 aromatic heterocycles. The number of hydrogen-bond donors (Lipinski definition) is 2. The molecule has 1 aliphatic carbocycles. The van der Waals surface area contributed by atoms with E-state index in [1.807, 2.05) is 54.4 Å². The molecule has 0 bridgehead atoms. The van der Waals surface area contributed by atoms with E-state index in [1.165, 1.54) is 17.4 Å². The number of amides is 1. The summed E-state index contributed by atoms with van der Waals surface area (Å²) in [4.78, 5) is 18.5. The lowest BCUT2D eigenvalue weighted by atomic mass is 9.97. The van der Waals surface area contributed by atoms with E-state index in [0.29, 0.717) is 24.9 Å². The highest BCUT2D eigenvalue weighted by Crippen LogP contribution is 2.65. The first-order valence-electron chi connectivity index (χ1n) is 10.5. The van der Waals surface area contributed by atoms with Gasteiger partial charge in [-0.2, -0.15) is 17.0 Å². The number of hydrogen-bond acceptors (Lipinski definition) is 8. The monoisotopic (exact) mass is 448 g/mol. The number of fused-ring (bicyclic) bond motifs is 1. The van der Waals surface area contributed by atoms with Gasteiger partial charge in [-0.25, -0.2) is 10.6 Å². The smallest absolute Gasteiger partial charge is 0.414 e. The zero-order chi connectivity index (χ0) is 22.3. The van der Waals surface area contributed by atoms with Crippen LogP contribution < -0.4 is 16.5 Å². The van der Waals surface area contributed by atoms with Crippen LogP contribution in [0.4, 0.5) is 10.5 Å². The number of benzene rings is 1. The minimum Gasteiger partial charge on any atom is -0.442 e. The highest BCUT2D eigenvalue weighted by Gasteiger charge is 2.69.